The maximum Gasteiger partial charge on any atom is 0.269 e. The third-order valence-corrected chi connectivity index (χ3v) is 3.13. The summed E-state index contributed by atoms with van der Waals surface area (Å²) in [5.74, 6) is 1.19. The molecule has 2 aromatic heterocycles. The van der Waals surface area contributed by atoms with Crippen LogP contribution in [0, 0.1) is 13.8 Å². The van der Waals surface area contributed by atoms with Gasteiger partial charge in [-0.25, -0.2) is 4.98 Å². The van der Waals surface area contributed by atoms with Gasteiger partial charge in [0.2, 0.25) is 0 Å². The molecule has 2 rings (SSSR count). The molecule has 1 atom stereocenters. The molecule has 2 N–H and O–H groups in total. The summed E-state index contributed by atoms with van der Waals surface area (Å²) in [7, 11) is 0. The summed E-state index contributed by atoms with van der Waals surface area (Å²) in [6.07, 6.45) is 0.625. The molecule has 0 aromatic carbocycles. The summed E-state index contributed by atoms with van der Waals surface area (Å²) < 4.78 is 5.20. The van der Waals surface area contributed by atoms with Crippen molar-refractivity contribution < 1.29 is 4.52 Å². The predicted molar refractivity (Wildman–Crippen MR) is 62.2 cm³/mol. The number of aryl methyl sites for hydroxylation is 2. The molecule has 5 nitrogen and oxygen atoms in total. The van der Waals surface area contributed by atoms with Gasteiger partial charge < -0.3 is 10.3 Å². The topological polar surface area (TPSA) is 77.8 Å². The number of rotatable bonds is 3. The molecule has 1 unspecified atom stereocenters. The van der Waals surface area contributed by atoms with E-state index in [2.05, 4.69) is 15.1 Å². The van der Waals surface area contributed by atoms with Gasteiger partial charge >= 0.3 is 0 Å². The van der Waals surface area contributed by atoms with E-state index in [0.717, 1.165) is 15.6 Å². The Morgan fingerprint density at radius 2 is 2.12 bits per heavy atom. The second-order valence-electron chi connectivity index (χ2n) is 3.84. The second-order valence-corrected chi connectivity index (χ2v) is 5.05. The van der Waals surface area contributed by atoms with E-state index in [1.54, 1.807) is 11.3 Å². The lowest BCUT2D eigenvalue weighted by Crippen LogP contribution is -2.18. The number of hydrogen-bond donors (Lipinski definition) is 1. The van der Waals surface area contributed by atoms with Gasteiger partial charge in [0.05, 0.1) is 10.7 Å². The van der Waals surface area contributed by atoms with E-state index < -0.39 is 0 Å². The highest BCUT2D eigenvalue weighted by Gasteiger charge is 2.15. The summed E-state index contributed by atoms with van der Waals surface area (Å²) in [5, 5.41) is 4.90. The van der Waals surface area contributed by atoms with Gasteiger partial charge in [-0.2, -0.15) is 4.98 Å². The van der Waals surface area contributed by atoms with E-state index in [4.69, 9.17) is 10.3 Å². The Morgan fingerprint density at radius 1 is 1.38 bits per heavy atom. The molecular formula is C10H14N4OS. The average molecular weight is 238 g/mol. The highest BCUT2D eigenvalue weighted by molar-refractivity contribution is 7.15. The Bertz CT molecular complexity index is 489. The Balaban J connectivity index is 2.28. The zero-order chi connectivity index (χ0) is 11.7. The van der Waals surface area contributed by atoms with E-state index in [1.165, 1.54) is 0 Å². The van der Waals surface area contributed by atoms with Gasteiger partial charge in [-0.15, -0.1) is 11.3 Å². The van der Waals surface area contributed by atoms with E-state index in [-0.39, 0.29) is 6.04 Å². The van der Waals surface area contributed by atoms with Gasteiger partial charge in [-0.3, -0.25) is 0 Å². The lowest BCUT2D eigenvalue weighted by atomic mass is 10.2. The zero-order valence-electron chi connectivity index (χ0n) is 9.52. The van der Waals surface area contributed by atoms with Gasteiger partial charge in [0.25, 0.3) is 5.89 Å². The molecule has 0 bridgehead atoms. The van der Waals surface area contributed by atoms with E-state index >= 15 is 0 Å². The van der Waals surface area contributed by atoms with E-state index in [1.807, 2.05) is 20.8 Å². The van der Waals surface area contributed by atoms with Crippen LogP contribution in [0.4, 0.5) is 0 Å². The van der Waals surface area contributed by atoms with Crippen LogP contribution in [-0.4, -0.2) is 21.2 Å². The number of hydrogen-bond acceptors (Lipinski definition) is 6. The molecule has 86 valence electrons. The third-order valence-electron chi connectivity index (χ3n) is 2.07. The monoisotopic (exact) mass is 238 g/mol. The third kappa shape index (κ3) is 2.28. The van der Waals surface area contributed by atoms with Crippen molar-refractivity contribution >= 4 is 11.3 Å². The van der Waals surface area contributed by atoms with Crippen molar-refractivity contribution in [1.29, 1.82) is 0 Å². The van der Waals surface area contributed by atoms with Crippen LogP contribution in [0.25, 0.3) is 10.8 Å². The highest BCUT2D eigenvalue weighted by atomic mass is 32.1. The Morgan fingerprint density at radius 3 is 2.69 bits per heavy atom. The Hall–Kier alpha value is -1.27. The zero-order valence-corrected chi connectivity index (χ0v) is 10.3. The minimum absolute atomic E-state index is 0.0368. The van der Waals surface area contributed by atoms with Crippen LogP contribution in [0.5, 0.6) is 0 Å². The van der Waals surface area contributed by atoms with E-state index in [0.29, 0.717) is 18.1 Å². The molecule has 0 spiro atoms. The molecule has 0 saturated heterocycles. The van der Waals surface area contributed by atoms with Crippen LogP contribution in [-0.2, 0) is 6.42 Å². The van der Waals surface area contributed by atoms with Gasteiger partial charge in [-0.1, -0.05) is 5.16 Å². The number of nitrogens with two attached hydrogens (primary N) is 1. The summed E-state index contributed by atoms with van der Waals surface area (Å²) in [6.45, 7) is 5.81. The minimum Gasteiger partial charge on any atom is -0.333 e. The van der Waals surface area contributed by atoms with Crippen molar-refractivity contribution in [2.45, 2.75) is 33.2 Å². The molecule has 0 aliphatic rings. The number of thiazole rings is 1. The SMILES string of the molecule is Cc1nc(C)c(-c2nc(CC(C)N)no2)s1. The number of nitrogens with zero attached hydrogens (tertiary/aromatic N) is 3. The van der Waals surface area contributed by atoms with Crippen LogP contribution in [0.3, 0.4) is 0 Å². The van der Waals surface area contributed by atoms with Gasteiger partial charge in [0.1, 0.15) is 4.88 Å². The van der Waals surface area contributed by atoms with Crippen molar-refractivity contribution in [2.75, 3.05) is 0 Å². The molecule has 0 aliphatic carbocycles. The fourth-order valence-corrected chi connectivity index (χ4v) is 2.29. The average Bonchev–Trinajstić information content (AvgIpc) is 2.72. The first kappa shape index (κ1) is 11.2. The minimum atomic E-state index is 0.0368. The molecule has 0 aliphatic heterocycles. The molecule has 0 saturated carbocycles. The maximum absolute atomic E-state index is 5.67. The first-order chi connectivity index (χ1) is 7.56. The molecule has 6 heteroatoms. The fourth-order valence-electron chi connectivity index (χ4n) is 1.45. The van der Waals surface area contributed by atoms with Crippen molar-refractivity contribution in [3.8, 4) is 10.8 Å². The van der Waals surface area contributed by atoms with Gasteiger partial charge in [0.15, 0.2) is 5.82 Å². The van der Waals surface area contributed by atoms with E-state index in [9.17, 15) is 0 Å². The molecule has 2 aromatic rings. The summed E-state index contributed by atoms with van der Waals surface area (Å²) in [4.78, 5) is 9.58. The Kier molecular flexibility index (Phi) is 3.02. The van der Waals surface area contributed by atoms with Crippen molar-refractivity contribution in [2.24, 2.45) is 5.73 Å². The van der Waals surface area contributed by atoms with Crippen LogP contribution in [0.1, 0.15) is 23.4 Å². The molecule has 0 fully saturated rings. The van der Waals surface area contributed by atoms with Crippen molar-refractivity contribution in [3.05, 3.63) is 16.5 Å². The lowest BCUT2D eigenvalue weighted by molar-refractivity contribution is 0.421. The first-order valence-corrected chi connectivity index (χ1v) is 5.90. The van der Waals surface area contributed by atoms with Gasteiger partial charge in [0, 0.05) is 12.5 Å². The van der Waals surface area contributed by atoms with Gasteiger partial charge in [-0.05, 0) is 20.8 Å². The molecule has 2 heterocycles. The second kappa shape index (κ2) is 4.31. The molecule has 0 amide bonds. The standard InChI is InChI=1S/C10H14N4OS/c1-5(11)4-8-13-10(15-14-8)9-6(2)12-7(3)16-9/h5H,4,11H2,1-3H3. The van der Waals surface area contributed by atoms with Crippen LogP contribution < -0.4 is 5.73 Å². The largest absolute Gasteiger partial charge is 0.333 e. The first-order valence-electron chi connectivity index (χ1n) is 5.09. The van der Waals surface area contributed by atoms with Crippen LogP contribution in [0.2, 0.25) is 0 Å². The van der Waals surface area contributed by atoms with Crippen LogP contribution >= 0.6 is 11.3 Å². The fraction of sp³-hybridized carbons (Fsp3) is 0.500. The lowest BCUT2D eigenvalue weighted by Gasteiger charge is -1.96. The molecular weight excluding hydrogens is 224 g/mol. The predicted octanol–water partition coefficient (Wildman–Crippen LogP) is 1.70. The quantitative estimate of drug-likeness (QED) is 0.880. The highest BCUT2D eigenvalue weighted by Crippen LogP contribution is 2.28. The smallest absolute Gasteiger partial charge is 0.269 e. The maximum atomic E-state index is 5.67. The molecule has 0 radical (unpaired) electrons. The van der Waals surface area contributed by atoms with Crippen LogP contribution in [0.15, 0.2) is 4.52 Å². The van der Waals surface area contributed by atoms with Crippen molar-refractivity contribution in [3.63, 3.8) is 0 Å². The summed E-state index contributed by atoms with van der Waals surface area (Å²) in [6, 6.07) is 0.0368. The molecule has 16 heavy (non-hydrogen) atoms. The Labute approximate surface area is 97.7 Å². The van der Waals surface area contributed by atoms with Crippen molar-refractivity contribution in [1.82, 2.24) is 15.1 Å². The number of aromatic nitrogens is 3. The summed E-state index contributed by atoms with van der Waals surface area (Å²) >= 11 is 1.56. The summed E-state index contributed by atoms with van der Waals surface area (Å²) in [5.41, 5.74) is 6.60. The normalized spacial score (nSPS) is 13.0.